The van der Waals surface area contributed by atoms with E-state index in [0.717, 1.165) is 103 Å². The van der Waals surface area contributed by atoms with Gasteiger partial charge in [0.05, 0.1) is 25.2 Å². The predicted molar refractivity (Wildman–Crippen MR) is 241 cm³/mol. The molecule has 0 fully saturated rings. The molecule has 0 aliphatic heterocycles. The van der Waals surface area contributed by atoms with Crippen LogP contribution in [0.25, 0.3) is 0 Å². The standard InChI is InChI=1S/C50H91NO5/c1-4-7-10-13-16-19-22-24-26-28-31-34-37-40-43-50(55)56-46(41-38-35-32-29-21-18-15-12-9-6-3)44-49(54)51-47(45-52)48(53)42-39-36-33-30-27-25-23-20-17-14-11-8-5-2/h7,10,16,18-19,21,24,26,46-48,52-53H,4-6,8-9,11-15,17,20,22-23,25,27-45H2,1-3H3,(H,51,54)/b10-7+,19-16+,21-18-,26-24+. The Kier molecular flexibility index (Phi) is 42.2. The van der Waals surface area contributed by atoms with Gasteiger partial charge in [-0.1, -0.05) is 185 Å². The van der Waals surface area contributed by atoms with Crippen LogP contribution in [-0.4, -0.2) is 46.9 Å². The van der Waals surface area contributed by atoms with Gasteiger partial charge in [0.1, 0.15) is 6.10 Å². The lowest BCUT2D eigenvalue weighted by atomic mass is 10.0. The van der Waals surface area contributed by atoms with E-state index in [1.54, 1.807) is 0 Å². The summed E-state index contributed by atoms with van der Waals surface area (Å²) < 4.78 is 5.89. The summed E-state index contributed by atoms with van der Waals surface area (Å²) in [5.41, 5.74) is 0. The van der Waals surface area contributed by atoms with E-state index in [1.165, 1.54) is 83.5 Å². The highest BCUT2D eigenvalue weighted by Gasteiger charge is 2.24. The Morgan fingerprint density at radius 1 is 0.536 bits per heavy atom. The van der Waals surface area contributed by atoms with Crippen molar-refractivity contribution in [3.8, 4) is 0 Å². The lowest BCUT2D eigenvalue weighted by Crippen LogP contribution is -2.46. The number of hydrogen-bond donors (Lipinski definition) is 3. The molecule has 0 aliphatic carbocycles. The quantitative estimate of drug-likeness (QED) is 0.0325. The molecule has 3 unspecified atom stereocenters. The van der Waals surface area contributed by atoms with Crippen LogP contribution in [0.3, 0.4) is 0 Å². The number of nitrogens with one attached hydrogen (secondary N) is 1. The number of hydrogen-bond acceptors (Lipinski definition) is 5. The maximum absolute atomic E-state index is 13.1. The highest BCUT2D eigenvalue weighted by atomic mass is 16.5. The highest BCUT2D eigenvalue weighted by molar-refractivity contribution is 5.77. The van der Waals surface area contributed by atoms with Crippen molar-refractivity contribution in [1.82, 2.24) is 5.32 Å². The Hall–Kier alpha value is -2.18. The first-order valence-corrected chi connectivity index (χ1v) is 23.9. The largest absolute Gasteiger partial charge is 0.462 e. The van der Waals surface area contributed by atoms with E-state index < -0.39 is 18.2 Å². The van der Waals surface area contributed by atoms with Gasteiger partial charge in [0.25, 0.3) is 0 Å². The minimum absolute atomic E-state index is 0.0575. The van der Waals surface area contributed by atoms with Gasteiger partial charge in [0.2, 0.25) is 5.91 Å². The fourth-order valence-electron chi connectivity index (χ4n) is 7.03. The molecule has 56 heavy (non-hydrogen) atoms. The molecule has 0 rings (SSSR count). The van der Waals surface area contributed by atoms with Crippen LogP contribution in [0.15, 0.2) is 48.6 Å². The van der Waals surface area contributed by atoms with E-state index in [0.29, 0.717) is 19.3 Å². The minimum atomic E-state index is -0.794. The molecule has 0 aromatic heterocycles. The maximum atomic E-state index is 13.1. The molecule has 0 aromatic rings. The van der Waals surface area contributed by atoms with Crippen molar-refractivity contribution in [2.24, 2.45) is 0 Å². The zero-order chi connectivity index (χ0) is 41.0. The molecule has 0 aromatic carbocycles. The van der Waals surface area contributed by atoms with Crippen molar-refractivity contribution >= 4 is 11.9 Å². The smallest absolute Gasteiger partial charge is 0.306 e. The van der Waals surface area contributed by atoms with Crippen molar-refractivity contribution in [3.05, 3.63) is 48.6 Å². The van der Waals surface area contributed by atoms with E-state index in [4.69, 9.17) is 4.74 Å². The number of esters is 1. The van der Waals surface area contributed by atoms with Crippen LogP contribution in [0.2, 0.25) is 0 Å². The van der Waals surface area contributed by atoms with Crippen molar-refractivity contribution in [2.75, 3.05) is 6.61 Å². The van der Waals surface area contributed by atoms with Crippen LogP contribution in [-0.2, 0) is 14.3 Å². The fraction of sp³-hybridized carbons (Fsp3) is 0.800. The third kappa shape index (κ3) is 38.7. The third-order valence-corrected chi connectivity index (χ3v) is 10.6. The molecule has 1 amide bonds. The van der Waals surface area contributed by atoms with Crippen molar-refractivity contribution in [2.45, 2.75) is 251 Å². The number of carbonyl (C=O) groups excluding carboxylic acids is 2. The van der Waals surface area contributed by atoms with E-state index in [1.807, 2.05) is 0 Å². The summed E-state index contributed by atoms with van der Waals surface area (Å²) in [5.74, 6) is -0.516. The Bertz CT molecular complexity index is 972. The summed E-state index contributed by atoms with van der Waals surface area (Å²) >= 11 is 0. The van der Waals surface area contributed by atoms with E-state index in [2.05, 4.69) is 74.7 Å². The molecule has 0 saturated carbocycles. The van der Waals surface area contributed by atoms with Crippen LogP contribution in [0.1, 0.15) is 233 Å². The molecule has 6 heteroatoms. The van der Waals surface area contributed by atoms with E-state index in [-0.39, 0.29) is 24.9 Å². The summed E-state index contributed by atoms with van der Waals surface area (Å²) in [4.78, 5) is 26.0. The highest BCUT2D eigenvalue weighted by Crippen LogP contribution is 2.17. The van der Waals surface area contributed by atoms with Gasteiger partial charge < -0.3 is 20.3 Å². The van der Waals surface area contributed by atoms with Gasteiger partial charge in [-0.3, -0.25) is 9.59 Å². The number of allylic oxidation sites excluding steroid dienone is 8. The molecule has 0 heterocycles. The molecule has 0 saturated heterocycles. The average Bonchev–Trinajstić information content (AvgIpc) is 3.19. The van der Waals surface area contributed by atoms with Crippen LogP contribution >= 0.6 is 0 Å². The number of ether oxygens (including phenoxy) is 1. The van der Waals surface area contributed by atoms with Crippen LogP contribution < -0.4 is 5.32 Å². The van der Waals surface area contributed by atoms with Gasteiger partial charge in [-0.2, -0.15) is 0 Å². The van der Waals surface area contributed by atoms with Crippen LogP contribution in [0.5, 0.6) is 0 Å². The molecule has 6 nitrogen and oxygen atoms in total. The number of rotatable bonds is 42. The second-order valence-electron chi connectivity index (χ2n) is 16.1. The number of aliphatic hydroxyl groups is 2. The Labute approximate surface area is 346 Å². The lowest BCUT2D eigenvalue weighted by molar-refractivity contribution is -0.151. The second-order valence-corrected chi connectivity index (χ2v) is 16.1. The maximum Gasteiger partial charge on any atom is 0.306 e. The molecule has 3 N–H and O–H groups in total. The van der Waals surface area contributed by atoms with Crippen molar-refractivity contribution in [1.29, 1.82) is 0 Å². The first-order valence-electron chi connectivity index (χ1n) is 23.9. The third-order valence-electron chi connectivity index (χ3n) is 10.6. The van der Waals surface area contributed by atoms with Crippen molar-refractivity contribution < 1.29 is 24.5 Å². The van der Waals surface area contributed by atoms with Crippen LogP contribution in [0.4, 0.5) is 0 Å². The minimum Gasteiger partial charge on any atom is -0.462 e. The van der Waals surface area contributed by atoms with Gasteiger partial charge >= 0.3 is 5.97 Å². The fourth-order valence-corrected chi connectivity index (χ4v) is 7.03. The average molecular weight is 786 g/mol. The molecular formula is C50H91NO5. The summed E-state index contributed by atoms with van der Waals surface area (Å²) in [6, 6.07) is -0.709. The number of carbonyl (C=O) groups is 2. The van der Waals surface area contributed by atoms with Gasteiger partial charge in [0, 0.05) is 6.42 Å². The first kappa shape index (κ1) is 53.8. The van der Waals surface area contributed by atoms with Gasteiger partial charge in [0.15, 0.2) is 0 Å². The molecular weight excluding hydrogens is 695 g/mol. The Balaban J connectivity index is 4.58. The topological polar surface area (TPSA) is 95.9 Å². The molecule has 0 aliphatic rings. The van der Waals surface area contributed by atoms with Gasteiger partial charge in [-0.05, 0) is 83.5 Å². The first-order chi connectivity index (χ1) is 27.5. The van der Waals surface area contributed by atoms with Gasteiger partial charge in [-0.25, -0.2) is 0 Å². The Morgan fingerprint density at radius 3 is 1.54 bits per heavy atom. The molecule has 0 bridgehead atoms. The SMILES string of the molecule is CC/C=C/C/C=C/C/C=C/CCCCCCC(=O)OC(CCCCC/C=C\CCCCC)CC(=O)NC(CO)C(O)CCCCCCCCCCCCCCC. The molecule has 3 atom stereocenters. The summed E-state index contributed by atoms with van der Waals surface area (Å²) in [5, 5.41) is 23.7. The normalized spacial score (nSPS) is 13.7. The van der Waals surface area contributed by atoms with Crippen molar-refractivity contribution in [3.63, 3.8) is 0 Å². The predicted octanol–water partition coefficient (Wildman–Crippen LogP) is 13.9. The lowest BCUT2D eigenvalue weighted by Gasteiger charge is -2.24. The number of amides is 1. The molecule has 0 radical (unpaired) electrons. The summed E-state index contributed by atoms with van der Waals surface area (Å²) in [7, 11) is 0. The number of unbranched alkanes of at least 4 members (excludes halogenated alkanes) is 22. The van der Waals surface area contributed by atoms with Gasteiger partial charge in [-0.15, -0.1) is 0 Å². The zero-order valence-corrected chi connectivity index (χ0v) is 37.0. The summed E-state index contributed by atoms with van der Waals surface area (Å²) in [6.07, 6.45) is 51.7. The molecule has 326 valence electrons. The second kappa shape index (κ2) is 43.9. The van der Waals surface area contributed by atoms with Crippen LogP contribution in [0, 0.1) is 0 Å². The van der Waals surface area contributed by atoms with E-state index in [9.17, 15) is 19.8 Å². The monoisotopic (exact) mass is 786 g/mol. The number of aliphatic hydroxyl groups excluding tert-OH is 2. The zero-order valence-electron chi connectivity index (χ0n) is 37.0. The summed E-state index contributed by atoms with van der Waals surface area (Å²) in [6.45, 7) is 6.32. The Morgan fingerprint density at radius 2 is 0.964 bits per heavy atom. The van der Waals surface area contributed by atoms with E-state index >= 15 is 0 Å². The molecule has 0 spiro atoms.